The van der Waals surface area contributed by atoms with Gasteiger partial charge in [-0.25, -0.2) is 4.79 Å². The molecule has 0 aromatic carbocycles. The number of nitrogens with one attached hydrogen (secondary N) is 1. The van der Waals surface area contributed by atoms with Crippen molar-refractivity contribution in [2.45, 2.75) is 51.5 Å². The summed E-state index contributed by atoms with van der Waals surface area (Å²) in [6.07, 6.45) is 7.55. The molecule has 0 radical (unpaired) electrons. The minimum absolute atomic E-state index is 0.0433. The van der Waals surface area contributed by atoms with Crippen LogP contribution in [0, 0.1) is 33.3 Å². The second-order valence-electron chi connectivity index (χ2n) is 8.54. The molecule has 8 nitrogen and oxygen atoms in total. The Morgan fingerprint density at radius 2 is 1.85 bits per heavy atom. The molecule has 1 atom stereocenters. The first-order valence-corrected chi connectivity index (χ1v) is 9.55. The molecular formula is C19H24N2O6. The predicted molar refractivity (Wildman–Crippen MR) is 93.9 cm³/mol. The maximum atomic E-state index is 12.3. The van der Waals surface area contributed by atoms with Crippen molar-refractivity contribution in [2.24, 2.45) is 23.2 Å². The number of rotatable bonds is 6. The van der Waals surface area contributed by atoms with Gasteiger partial charge in [0.1, 0.15) is 4.92 Å². The predicted octanol–water partition coefficient (Wildman–Crippen LogP) is 3.07. The largest absolute Gasteiger partial charge is 0.450 e. The topological polar surface area (TPSA) is 112 Å². The van der Waals surface area contributed by atoms with Crippen LogP contribution in [-0.2, 0) is 9.53 Å². The standard InChI is InChI=1S/C19H24N2O6/c1-11(19-7-12-4-13(8-19)6-14(5-12)9-19)20-16(22)10-26-18(23)15-2-3-17(27-15)21(24)25/h2-3,11-14H,4-10H2,1H3,(H,20,22)/t11-,12?,13?,14?,19?/m0/s1. The molecule has 27 heavy (non-hydrogen) atoms. The fourth-order valence-corrected chi connectivity index (χ4v) is 5.88. The second-order valence-corrected chi connectivity index (χ2v) is 8.54. The highest BCUT2D eigenvalue weighted by atomic mass is 16.7. The second kappa shape index (κ2) is 6.65. The van der Waals surface area contributed by atoms with Crippen molar-refractivity contribution in [1.29, 1.82) is 0 Å². The van der Waals surface area contributed by atoms with Crippen molar-refractivity contribution in [3.05, 3.63) is 28.0 Å². The molecule has 0 spiro atoms. The van der Waals surface area contributed by atoms with E-state index < -0.39 is 23.4 Å². The van der Waals surface area contributed by atoms with E-state index in [-0.39, 0.29) is 23.1 Å². The van der Waals surface area contributed by atoms with Gasteiger partial charge >= 0.3 is 11.9 Å². The van der Waals surface area contributed by atoms with Crippen molar-refractivity contribution in [3.8, 4) is 0 Å². The van der Waals surface area contributed by atoms with E-state index in [1.54, 1.807) is 0 Å². The molecule has 4 aliphatic carbocycles. The normalized spacial score (nSPS) is 32.1. The Balaban J connectivity index is 1.30. The third-order valence-electron chi connectivity index (χ3n) is 6.69. The summed E-state index contributed by atoms with van der Waals surface area (Å²) >= 11 is 0. The van der Waals surface area contributed by atoms with E-state index in [0.29, 0.717) is 0 Å². The molecule has 1 heterocycles. The van der Waals surface area contributed by atoms with Gasteiger partial charge < -0.3 is 14.5 Å². The number of furan rings is 1. The van der Waals surface area contributed by atoms with E-state index >= 15 is 0 Å². The molecule has 8 heteroatoms. The molecule has 146 valence electrons. The van der Waals surface area contributed by atoms with Crippen molar-refractivity contribution in [1.82, 2.24) is 5.32 Å². The lowest BCUT2D eigenvalue weighted by atomic mass is 9.48. The van der Waals surface area contributed by atoms with E-state index in [9.17, 15) is 19.7 Å². The van der Waals surface area contributed by atoms with Gasteiger partial charge in [0.25, 0.3) is 5.91 Å². The van der Waals surface area contributed by atoms with Gasteiger partial charge in [-0.1, -0.05) is 0 Å². The van der Waals surface area contributed by atoms with Gasteiger partial charge in [-0.3, -0.25) is 14.9 Å². The van der Waals surface area contributed by atoms with Gasteiger partial charge in [-0.05, 0) is 74.7 Å². The molecule has 1 aromatic rings. The van der Waals surface area contributed by atoms with Gasteiger partial charge in [0, 0.05) is 6.04 Å². The third kappa shape index (κ3) is 3.44. The molecule has 4 aliphatic rings. The number of carbonyl (C=O) groups excluding carboxylic acids is 2. The van der Waals surface area contributed by atoms with Gasteiger partial charge in [0.05, 0.1) is 6.07 Å². The van der Waals surface area contributed by atoms with Crippen LogP contribution in [0.1, 0.15) is 56.0 Å². The van der Waals surface area contributed by atoms with Crippen LogP contribution in [0.2, 0.25) is 0 Å². The summed E-state index contributed by atoms with van der Waals surface area (Å²) in [6.45, 7) is 1.63. The van der Waals surface area contributed by atoms with Crippen molar-refractivity contribution < 1.29 is 23.7 Å². The summed E-state index contributed by atoms with van der Waals surface area (Å²) < 4.78 is 9.71. The third-order valence-corrected chi connectivity index (χ3v) is 6.69. The van der Waals surface area contributed by atoms with Crippen LogP contribution < -0.4 is 5.32 Å². The van der Waals surface area contributed by atoms with Crippen LogP contribution in [0.25, 0.3) is 0 Å². The monoisotopic (exact) mass is 376 g/mol. The molecular weight excluding hydrogens is 352 g/mol. The molecule has 0 saturated heterocycles. The lowest BCUT2D eigenvalue weighted by molar-refractivity contribution is -0.402. The summed E-state index contributed by atoms with van der Waals surface area (Å²) in [5.74, 6) is 0.313. The summed E-state index contributed by atoms with van der Waals surface area (Å²) in [6, 6.07) is 2.28. The Bertz CT molecular complexity index is 735. The van der Waals surface area contributed by atoms with E-state index in [4.69, 9.17) is 9.15 Å². The molecule has 0 aliphatic heterocycles. The Morgan fingerprint density at radius 1 is 1.26 bits per heavy atom. The zero-order valence-electron chi connectivity index (χ0n) is 15.3. The first kappa shape index (κ1) is 18.0. The Kier molecular flexibility index (Phi) is 4.44. The number of hydrogen-bond acceptors (Lipinski definition) is 6. The van der Waals surface area contributed by atoms with Crippen molar-refractivity contribution in [3.63, 3.8) is 0 Å². The fourth-order valence-electron chi connectivity index (χ4n) is 5.88. The maximum absolute atomic E-state index is 12.3. The number of carbonyl (C=O) groups is 2. The fraction of sp³-hybridized carbons (Fsp3) is 0.684. The quantitative estimate of drug-likeness (QED) is 0.464. The SMILES string of the molecule is C[C@H](NC(=O)COC(=O)c1ccc([N+](=O)[O-])o1)C12CC3CC(CC(C3)C1)C2. The van der Waals surface area contributed by atoms with Crippen LogP contribution in [-0.4, -0.2) is 29.4 Å². The van der Waals surface area contributed by atoms with Gasteiger partial charge in [0.2, 0.25) is 5.76 Å². The highest BCUT2D eigenvalue weighted by Crippen LogP contribution is 2.61. The number of ether oxygens (including phenoxy) is 1. The van der Waals surface area contributed by atoms with Crippen LogP contribution in [0.15, 0.2) is 16.5 Å². The highest BCUT2D eigenvalue weighted by molar-refractivity contribution is 5.89. The summed E-state index contributed by atoms with van der Waals surface area (Å²) in [4.78, 5) is 34.0. The minimum atomic E-state index is -0.888. The zero-order valence-corrected chi connectivity index (χ0v) is 15.3. The molecule has 1 N–H and O–H groups in total. The lowest BCUT2D eigenvalue weighted by Gasteiger charge is -2.59. The Morgan fingerprint density at radius 3 is 2.37 bits per heavy atom. The summed E-state index contributed by atoms with van der Waals surface area (Å²) in [7, 11) is 0. The first-order chi connectivity index (χ1) is 12.8. The first-order valence-electron chi connectivity index (χ1n) is 9.55. The summed E-state index contributed by atoms with van der Waals surface area (Å²) in [5.41, 5.74) is 0.177. The zero-order chi connectivity index (χ0) is 19.2. The highest BCUT2D eigenvalue weighted by Gasteiger charge is 2.53. The number of esters is 1. The molecule has 5 rings (SSSR count). The number of amides is 1. The van der Waals surface area contributed by atoms with Crippen molar-refractivity contribution >= 4 is 17.8 Å². The van der Waals surface area contributed by atoms with Crippen LogP contribution in [0.5, 0.6) is 0 Å². The molecule has 1 amide bonds. The average Bonchev–Trinajstić information content (AvgIpc) is 3.09. The number of nitrogens with zero attached hydrogens (tertiary/aromatic N) is 1. The van der Waals surface area contributed by atoms with Gasteiger partial charge in [-0.2, -0.15) is 0 Å². The van der Waals surface area contributed by atoms with Gasteiger partial charge in [0.15, 0.2) is 6.61 Å². The molecule has 1 aromatic heterocycles. The van der Waals surface area contributed by atoms with Crippen LogP contribution in [0.3, 0.4) is 0 Å². The van der Waals surface area contributed by atoms with Crippen molar-refractivity contribution in [2.75, 3.05) is 6.61 Å². The minimum Gasteiger partial charge on any atom is -0.450 e. The van der Waals surface area contributed by atoms with E-state index in [2.05, 4.69) is 12.2 Å². The van der Waals surface area contributed by atoms with E-state index in [1.165, 1.54) is 38.5 Å². The molecule has 4 bridgehead atoms. The molecule has 4 fully saturated rings. The number of hydrogen-bond donors (Lipinski definition) is 1. The molecule has 4 saturated carbocycles. The molecule has 0 unspecified atom stereocenters. The van der Waals surface area contributed by atoms with E-state index in [1.807, 2.05) is 0 Å². The smallest absolute Gasteiger partial charge is 0.433 e. The van der Waals surface area contributed by atoms with Gasteiger partial charge in [-0.15, -0.1) is 0 Å². The summed E-state index contributed by atoms with van der Waals surface area (Å²) in [5, 5.41) is 13.6. The maximum Gasteiger partial charge on any atom is 0.433 e. The number of nitro groups is 1. The average molecular weight is 376 g/mol. The van der Waals surface area contributed by atoms with Crippen LogP contribution >= 0.6 is 0 Å². The van der Waals surface area contributed by atoms with E-state index in [0.717, 1.165) is 29.9 Å². The Hall–Kier alpha value is -2.38. The Labute approximate surface area is 156 Å². The van der Waals surface area contributed by atoms with Crippen LogP contribution in [0.4, 0.5) is 5.88 Å². The lowest BCUT2D eigenvalue weighted by Crippen LogP contribution is -2.56.